The standard InChI is InChI=1S/C9H13N3O/c1-9(2,3)7-5-4-6(8(10)13)11-12-7/h4-5H,1-3H3,(H2,10,13). The van der Waals surface area contributed by atoms with E-state index in [0.29, 0.717) is 0 Å². The van der Waals surface area contributed by atoms with Gasteiger partial charge in [0.05, 0.1) is 5.69 Å². The monoisotopic (exact) mass is 179 g/mol. The van der Waals surface area contributed by atoms with Crippen molar-refractivity contribution in [2.45, 2.75) is 26.2 Å². The highest BCUT2D eigenvalue weighted by Gasteiger charge is 2.16. The fraction of sp³-hybridized carbons (Fsp3) is 0.444. The van der Waals surface area contributed by atoms with E-state index in [2.05, 4.69) is 10.2 Å². The first-order valence-corrected chi connectivity index (χ1v) is 4.05. The maximum absolute atomic E-state index is 10.7. The minimum Gasteiger partial charge on any atom is -0.364 e. The Hall–Kier alpha value is -1.45. The first-order valence-electron chi connectivity index (χ1n) is 4.05. The predicted molar refractivity (Wildman–Crippen MR) is 49.2 cm³/mol. The van der Waals surface area contributed by atoms with Crippen LogP contribution in [0.3, 0.4) is 0 Å². The van der Waals surface area contributed by atoms with Crippen LogP contribution in [0.5, 0.6) is 0 Å². The van der Waals surface area contributed by atoms with E-state index in [1.807, 2.05) is 20.8 Å². The van der Waals surface area contributed by atoms with E-state index in [-0.39, 0.29) is 11.1 Å². The Bertz CT molecular complexity index is 311. The fourth-order valence-electron chi connectivity index (χ4n) is 0.864. The van der Waals surface area contributed by atoms with Crippen molar-refractivity contribution in [1.82, 2.24) is 10.2 Å². The summed E-state index contributed by atoms with van der Waals surface area (Å²) < 4.78 is 0. The molecule has 70 valence electrons. The number of carbonyl (C=O) groups is 1. The van der Waals surface area contributed by atoms with E-state index < -0.39 is 5.91 Å². The minimum absolute atomic E-state index is 0.0524. The minimum atomic E-state index is -0.548. The average Bonchev–Trinajstić information content (AvgIpc) is 2.03. The van der Waals surface area contributed by atoms with Gasteiger partial charge in [0.1, 0.15) is 0 Å². The maximum atomic E-state index is 10.7. The summed E-state index contributed by atoms with van der Waals surface area (Å²) in [4.78, 5) is 10.7. The molecule has 1 aromatic heterocycles. The van der Waals surface area contributed by atoms with Gasteiger partial charge in [-0.15, -0.1) is 5.10 Å². The topological polar surface area (TPSA) is 68.9 Å². The SMILES string of the molecule is CC(C)(C)c1ccc(C(N)=O)nn1. The van der Waals surface area contributed by atoms with E-state index in [9.17, 15) is 4.79 Å². The molecule has 0 bridgehead atoms. The molecule has 0 unspecified atom stereocenters. The fourth-order valence-corrected chi connectivity index (χ4v) is 0.864. The highest BCUT2D eigenvalue weighted by Crippen LogP contribution is 2.18. The van der Waals surface area contributed by atoms with Crippen molar-refractivity contribution in [2.24, 2.45) is 5.73 Å². The van der Waals surface area contributed by atoms with Gasteiger partial charge in [-0.05, 0) is 12.1 Å². The van der Waals surface area contributed by atoms with Crippen molar-refractivity contribution in [3.05, 3.63) is 23.5 Å². The van der Waals surface area contributed by atoms with Crippen LogP contribution in [-0.4, -0.2) is 16.1 Å². The van der Waals surface area contributed by atoms with Gasteiger partial charge in [-0.3, -0.25) is 4.79 Å². The molecular weight excluding hydrogens is 166 g/mol. The smallest absolute Gasteiger partial charge is 0.269 e. The van der Waals surface area contributed by atoms with Gasteiger partial charge in [0.25, 0.3) is 5.91 Å². The predicted octanol–water partition coefficient (Wildman–Crippen LogP) is 0.873. The highest BCUT2D eigenvalue weighted by atomic mass is 16.1. The van der Waals surface area contributed by atoms with Crippen molar-refractivity contribution >= 4 is 5.91 Å². The molecule has 0 saturated carbocycles. The molecule has 1 aromatic rings. The Labute approximate surface area is 77.2 Å². The molecule has 1 amide bonds. The number of carbonyl (C=O) groups excluding carboxylic acids is 1. The van der Waals surface area contributed by atoms with Crippen LogP contribution in [0.2, 0.25) is 0 Å². The summed E-state index contributed by atoms with van der Waals surface area (Å²) >= 11 is 0. The van der Waals surface area contributed by atoms with Crippen molar-refractivity contribution in [3.8, 4) is 0 Å². The molecule has 0 atom stereocenters. The number of nitrogens with zero attached hydrogens (tertiary/aromatic N) is 2. The van der Waals surface area contributed by atoms with Gasteiger partial charge in [0.2, 0.25) is 0 Å². The van der Waals surface area contributed by atoms with Crippen LogP contribution < -0.4 is 5.73 Å². The van der Waals surface area contributed by atoms with Crippen molar-refractivity contribution in [2.75, 3.05) is 0 Å². The summed E-state index contributed by atoms with van der Waals surface area (Å²) in [6.07, 6.45) is 0. The Kier molecular flexibility index (Phi) is 2.32. The van der Waals surface area contributed by atoms with Crippen LogP contribution in [-0.2, 0) is 5.41 Å². The molecule has 0 saturated heterocycles. The Morgan fingerprint density at radius 1 is 1.31 bits per heavy atom. The molecule has 1 heterocycles. The molecule has 0 aromatic carbocycles. The number of aromatic nitrogens is 2. The lowest BCUT2D eigenvalue weighted by Crippen LogP contribution is -2.18. The number of amides is 1. The number of hydrogen-bond donors (Lipinski definition) is 1. The maximum Gasteiger partial charge on any atom is 0.269 e. The lowest BCUT2D eigenvalue weighted by molar-refractivity contribution is 0.0994. The molecule has 2 N–H and O–H groups in total. The van der Waals surface area contributed by atoms with E-state index >= 15 is 0 Å². The summed E-state index contributed by atoms with van der Waals surface area (Å²) in [6, 6.07) is 3.36. The molecular formula is C9H13N3O. The second-order valence-corrected chi connectivity index (χ2v) is 3.92. The summed E-state index contributed by atoms with van der Waals surface area (Å²) in [5, 5.41) is 7.64. The first kappa shape index (κ1) is 9.64. The number of rotatable bonds is 1. The zero-order chi connectivity index (χ0) is 10.1. The van der Waals surface area contributed by atoms with Crippen LogP contribution in [0.15, 0.2) is 12.1 Å². The van der Waals surface area contributed by atoms with Crippen LogP contribution >= 0.6 is 0 Å². The normalized spacial score (nSPS) is 11.3. The zero-order valence-corrected chi connectivity index (χ0v) is 8.03. The van der Waals surface area contributed by atoms with E-state index in [1.54, 1.807) is 12.1 Å². The van der Waals surface area contributed by atoms with Gasteiger partial charge in [0.15, 0.2) is 5.69 Å². The van der Waals surface area contributed by atoms with E-state index in [1.165, 1.54) is 0 Å². The van der Waals surface area contributed by atoms with Crippen LogP contribution in [0.25, 0.3) is 0 Å². The molecule has 1 rings (SSSR count). The van der Waals surface area contributed by atoms with Crippen LogP contribution in [0.4, 0.5) is 0 Å². The molecule has 0 fully saturated rings. The molecule has 13 heavy (non-hydrogen) atoms. The van der Waals surface area contributed by atoms with Gasteiger partial charge in [-0.25, -0.2) is 0 Å². The summed E-state index contributed by atoms with van der Waals surface area (Å²) in [5.74, 6) is -0.548. The molecule has 0 aliphatic rings. The average molecular weight is 179 g/mol. The van der Waals surface area contributed by atoms with E-state index in [0.717, 1.165) is 5.69 Å². The zero-order valence-electron chi connectivity index (χ0n) is 8.03. The molecule has 0 aliphatic heterocycles. The number of nitrogens with two attached hydrogens (primary N) is 1. The second-order valence-electron chi connectivity index (χ2n) is 3.92. The molecule has 0 radical (unpaired) electrons. The summed E-state index contributed by atoms with van der Waals surface area (Å²) in [7, 11) is 0. The van der Waals surface area contributed by atoms with E-state index in [4.69, 9.17) is 5.73 Å². The third-order valence-electron chi connectivity index (χ3n) is 1.69. The number of primary amides is 1. The van der Waals surface area contributed by atoms with Gasteiger partial charge >= 0.3 is 0 Å². The lowest BCUT2D eigenvalue weighted by Gasteiger charge is -2.16. The second kappa shape index (κ2) is 3.12. The van der Waals surface area contributed by atoms with Crippen molar-refractivity contribution in [3.63, 3.8) is 0 Å². The van der Waals surface area contributed by atoms with Crippen LogP contribution in [0.1, 0.15) is 37.0 Å². The Morgan fingerprint density at radius 2 is 1.92 bits per heavy atom. The third kappa shape index (κ3) is 2.24. The summed E-state index contributed by atoms with van der Waals surface area (Å²) in [5.41, 5.74) is 6.03. The van der Waals surface area contributed by atoms with Gasteiger partial charge in [-0.1, -0.05) is 20.8 Å². The summed E-state index contributed by atoms with van der Waals surface area (Å²) in [6.45, 7) is 6.09. The quantitative estimate of drug-likeness (QED) is 0.695. The molecule has 4 nitrogen and oxygen atoms in total. The molecule has 4 heteroatoms. The van der Waals surface area contributed by atoms with Gasteiger partial charge in [-0.2, -0.15) is 5.10 Å². The highest BCUT2D eigenvalue weighted by molar-refractivity contribution is 5.90. The Morgan fingerprint density at radius 3 is 2.23 bits per heavy atom. The van der Waals surface area contributed by atoms with Crippen molar-refractivity contribution in [1.29, 1.82) is 0 Å². The van der Waals surface area contributed by atoms with Crippen LogP contribution in [0, 0.1) is 0 Å². The molecule has 0 aliphatic carbocycles. The van der Waals surface area contributed by atoms with Gasteiger partial charge < -0.3 is 5.73 Å². The lowest BCUT2D eigenvalue weighted by atomic mass is 9.92. The largest absolute Gasteiger partial charge is 0.364 e. The number of hydrogen-bond acceptors (Lipinski definition) is 3. The Balaban J connectivity index is 3.01. The third-order valence-corrected chi connectivity index (χ3v) is 1.69. The van der Waals surface area contributed by atoms with Crippen molar-refractivity contribution < 1.29 is 4.79 Å². The first-order chi connectivity index (χ1) is 5.91. The molecule has 0 spiro atoms. The van der Waals surface area contributed by atoms with Gasteiger partial charge in [0, 0.05) is 5.41 Å².